The predicted octanol–water partition coefficient (Wildman–Crippen LogP) is 4.57. The van der Waals surface area contributed by atoms with Gasteiger partial charge in [-0.25, -0.2) is 4.98 Å². The summed E-state index contributed by atoms with van der Waals surface area (Å²) >= 11 is 0. The summed E-state index contributed by atoms with van der Waals surface area (Å²) in [6.45, 7) is 10.2. The maximum absolute atomic E-state index is 8.90. The molecule has 1 fully saturated rings. The van der Waals surface area contributed by atoms with Gasteiger partial charge in [0, 0.05) is 37.7 Å². The van der Waals surface area contributed by atoms with Crippen molar-refractivity contribution in [2.45, 2.75) is 64.6 Å². The first kappa shape index (κ1) is 22.3. The Hall–Kier alpha value is -2.42. The Bertz CT molecular complexity index is 1010. The van der Waals surface area contributed by atoms with Crippen molar-refractivity contribution < 1.29 is 4.74 Å². The van der Waals surface area contributed by atoms with E-state index in [9.17, 15) is 0 Å². The van der Waals surface area contributed by atoms with Gasteiger partial charge in [0.1, 0.15) is 18.1 Å². The topological polar surface area (TPSA) is 128 Å². The minimum Gasteiger partial charge on any atom is -0.361 e. The first-order valence-electron chi connectivity index (χ1n) is 10.6. The van der Waals surface area contributed by atoms with Crippen molar-refractivity contribution in [3.8, 4) is 0 Å². The minimum absolute atomic E-state index is 0.0402. The van der Waals surface area contributed by atoms with Gasteiger partial charge in [-0.1, -0.05) is 38.1 Å². The third-order valence-electron chi connectivity index (χ3n) is 5.93. The summed E-state index contributed by atoms with van der Waals surface area (Å²) in [6.07, 6.45) is 5.76. The molecule has 0 amide bonds. The minimum atomic E-state index is -1.14. The van der Waals surface area contributed by atoms with E-state index < -0.39 is 8.07 Å². The van der Waals surface area contributed by atoms with Crippen molar-refractivity contribution in [3.63, 3.8) is 0 Å². The molecule has 2 heterocycles. The quantitative estimate of drug-likeness (QED) is 0.121. The highest BCUT2D eigenvalue weighted by Gasteiger charge is 2.36. The predicted molar refractivity (Wildman–Crippen MR) is 120 cm³/mol. The fraction of sp³-hybridized carbons (Fsp3) is 0.650. The zero-order chi connectivity index (χ0) is 21.9. The Morgan fingerprint density at radius 3 is 2.83 bits per heavy atom. The first-order chi connectivity index (χ1) is 14.2. The van der Waals surface area contributed by atoms with Crippen molar-refractivity contribution >= 4 is 25.1 Å². The standard InChI is InChI=1S/C20H32N8OSi/c1-5-14-10-15(25-26-23)11-16(14)19(22)28-17-6-7-27(20(17)24-12-18(28)21)13-29-8-9-30(2,3)4/h6-7,12,14-16,21-22H,5,8-11,13H2,1-4H3. The van der Waals surface area contributed by atoms with Crippen molar-refractivity contribution in [2.75, 3.05) is 6.61 Å². The van der Waals surface area contributed by atoms with Crippen LogP contribution >= 0.6 is 0 Å². The van der Waals surface area contributed by atoms with Gasteiger partial charge in [-0.05, 0) is 36.4 Å². The molecule has 0 saturated heterocycles. The van der Waals surface area contributed by atoms with Gasteiger partial charge in [-0.15, -0.1) is 0 Å². The molecule has 162 valence electrons. The molecule has 2 aromatic rings. The average molecular weight is 429 g/mol. The number of hydrogen-bond donors (Lipinski definition) is 2. The number of ether oxygens (including phenoxy) is 1. The molecule has 10 heteroatoms. The molecule has 2 aromatic heterocycles. The SMILES string of the molecule is CCC1CC(N=[N+]=[N-])CC1C(=N)n1c(=N)cnc2c1ccn2COCC[Si](C)(C)C. The van der Waals surface area contributed by atoms with E-state index in [1.807, 2.05) is 16.8 Å². The fourth-order valence-corrected chi connectivity index (χ4v) is 4.95. The molecule has 3 unspecified atom stereocenters. The van der Waals surface area contributed by atoms with Crippen LogP contribution in [-0.4, -0.2) is 40.7 Å². The number of aromatic nitrogens is 3. The van der Waals surface area contributed by atoms with Crippen LogP contribution in [0.15, 0.2) is 23.6 Å². The summed E-state index contributed by atoms with van der Waals surface area (Å²) in [4.78, 5) is 7.40. The average Bonchev–Trinajstić information content (AvgIpc) is 3.28. The first-order valence-corrected chi connectivity index (χ1v) is 14.3. The smallest absolute Gasteiger partial charge is 0.159 e. The lowest BCUT2D eigenvalue weighted by molar-refractivity contribution is 0.0898. The van der Waals surface area contributed by atoms with Crippen LogP contribution in [0.25, 0.3) is 21.6 Å². The van der Waals surface area contributed by atoms with E-state index in [1.165, 1.54) is 6.20 Å². The van der Waals surface area contributed by atoms with Gasteiger partial charge >= 0.3 is 0 Å². The van der Waals surface area contributed by atoms with Crippen LogP contribution in [-0.2, 0) is 11.5 Å². The Morgan fingerprint density at radius 2 is 2.17 bits per heavy atom. The monoisotopic (exact) mass is 428 g/mol. The third kappa shape index (κ3) is 4.83. The Labute approximate surface area is 177 Å². The summed E-state index contributed by atoms with van der Waals surface area (Å²) in [5.74, 6) is 0.615. The maximum Gasteiger partial charge on any atom is 0.159 e. The van der Waals surface area contributed by atoms with Crippen LogP contribution in [0.4, 0.5) is 0 Å². The lowest BCUT2D eigenvalue weighted by Gasteiger charge is -2.21. The Balaban J connectivity index is 1.85. The highest BCUT2D eigenvalue weighted by Crippen LogP contribution is 2.37. The molecule has 30 heavy (non-hydrogen) atoms. The summed E-state index contributed by atoms with van der Waals surface area (Å²) < 4.78 is 9.47. The number of nitrogens with one attached hydrogen (secondary N) is 2. The van der Waals surface area contributed by atoms with E-state index in [4.69, 9.17) is 21.1 Å². The van der Waals surface area contributed by atoms with Gasteiger partial charge in [0.05, 0.1) is 11.7 Å². The molecular weight excluding hydrogens is 396 g/mol. The number of rotatable bonds is 8. The maximum atomic E-state index is 8.90. The summed E-state index contributed by atoms with van der Waals surface area (Å²) in [5.41, 5.74) is 10.4. The summed E-state index contributed by atoms with van der Waals surface area (Å²) in [7, 11) is -1.14. The lowest BCUT2D eigenvalue weighted by Crippen LogP contribution is -2.34. The van der Waals surface area contributed by atoms with Gasteiger partial charge < -0.3 is 9.30 Å². The lowest BCUT2D eigenvalue weighted by atomic mass is 9.92. The van der Waals surface area contributed by atoms with Gasteiger partial charge in [0.2, 0.25) is 0 Å². The number of nitrogens with zero attached hydrogens (tertiary/aromatic N) is 6. The Morgan fingerprint density at radius 1 is 1.40 bits per heavy atom. The van der Waals surface area contributed by atoms with Crippen molar-refractivity contribution in [1.82, 2.24) is 14.1 Å². The van der Waals surface area contributed by atoms with E-state index in [1.54, 1.807) is 4.57 Å². The molecular formula is C20H32N8OSi. The third-order valence-corrected chi connectivity index (χ3v) is 7.64. The molecule has 2 N–H and O–H groups in total. The molecule has 9 nitrogen and oxygen atoms in total. The normalized spacial score (nSPS) is 21.7. The zero-order valence-electron chi connectivity index (χ0n) is 18.3. The number of azide groups is 1. The fourth-order valence-electron chi connectivity index (χ4n) is 4.20. The second-order valence-corrected chi connectivity index (χ2v) is 14.9. The largest absolute Gasteiger partial charge is 0.361 e. The van der Waals surface area contributed by atoms with E-state index in [-0.39, 0.29) is 23.4 Å². The van der Waals surface area contributed by atoms with E-state index >= 15 is 0 Å². The van der Waals surface area contributed by atoms with Crippen LogP contribution in [0.2, 0.25) is 25.7 Å². The molecule has 1 aliphatic carbocycles. The van der Waals surface area contributed by atoms with Crippen LogP contribution < -0.4 is 5.49 Å². The summed E-state index contributed by atoms with van der Waals surface area (Å²) in [6, 6.07) is 2.92. The molecule has 0 spiro atoms. The van der Waals surface area contributed by atoms with Crippen molar-refractivity contribution in [2.24, 2.45) is 17.0 Å². The van der Waals surface area contributed by atoms with Gasteiger partial charge in [-0.2, -0.15) is 0 Å². The van der Waals surface area contributed by atoms with Gasteiger partial charge in [0.25, 0.3) is 0 Å². The van der Waals surface area contributed by atoms with Crippen molar-refractivity contribution in [1.29, 1.82) is 10.8 Å². The second kappa shape index (κ2) is 9.16. The number of hydrogen-bond acceptors (Lipinski definition) is 5. The van der Waals surface area contributed by atoms with E-state index in [2.05, 4.69) is 41.6 Å². The highest BCUT2D eigenvalue weighted by atomic mass is 28.3. The molecule has 0 bridgehead atoms. The molecule has 0 radical (unpaired) electrons. The zero-order valence-corrected chi connectivity index (χ0v) is 19.3. The second-order valence-electron chi connectivity index (χ2n) is 9.31. The molecule has 0 aromatic carbocycles. The molecule has 1 aliphatic rings. The molecule has 3 rings (SSSR count). The summed E-state index contributed by atoms with van der Waals surface area (Å²) in [5, 5.41) is 21.2. The van der Waals surface area contributed by atoms with Crippen LogP contribution in [0.3, 0.4) is 0 Å². The molecule has 1 saturated carbocycles. The van der Waals surface area contributed by atoms with E-state index in [0.29, 0.717) is 24.6 Å². The molecule has 0 aliphatic heterocycles. The van der Waals surface area contributed by atoms with Gasteiger partial charge in [0.15, 0.2) is 5.65 Å². The highest BCUT2D eigenvalue weighted by molar-refractivity contribution is 6.76. The molecule has 3 atom stereocenters. The Kier molecular flexibility index (Phi) is 6.80. The van der Waals surface area contributed by atoms with Crippen LogP contribution in [0.5, 0.6) is 0 Å². The van der Waals surface area contributed by atoms with Crippen LogP contribution in [0, 0.1) is 22.7 Å². The van der Waals surface area contributed by atoms with Crippen LogP contribution in [0.1, 0.15) is 26.2 Å². The number of fused-ring (bicyclic) bond motifs is 1. The van der Waals surface area contributed by atoms with E-state index in [0.717, 1.165) is 31.0 Å². The van der Waals surface area contributed by atoms with Gasteiger partial charge in [-0.3, -0.25) is 15.4 Å². The van der Waals surface area contributed by atoms with Crippen molar-refractivity contribution in [3.05, 3.63) is 34.4 Å².